The van der Waals surface area contributed by atoms with Crippen molar-refractivity contribution >= 4 is 39.3 Å². The van der Waals surface area contributed by atoms with Gasteiger partial charge in [-0.1, -0.05) is 121 Å². The summed E-state index contributed by atoms with van der Waals surface area (Å²) in [6.45, 7) is 0. The van der Waals surface area contributed by atoms with Gasteiger partial charge in [0.1, 0.15) is 23.5 Å². The first kappa shape index (κ1) is 24.9. The van der Waals surface area contributed by atoms with Gasteiger partial charge in [-0.15, -0.1) is 0 Å². The van der Waals surface area contributed by atoms with E-state index < -0.39 is 0 Å². The van der Waals surface area contributed by atoms with Crippen molar-refractivity contribution in [2.75, 3.05) is 4.90 Å². The Balaban J connectivity index is 1.33. The SMILES string of the molecule is c1ccc(C2N=C(N3c4ccccc4-c4ccccc4-c4cc5c(cc43)oc3ccccc35)NC(c3ccccc3)N2)cc1. The van der Waals surface area contributed by atoms with Gasteiger partial charge in [0.2, 0.25) is 5.96 Å². The summed E-state index contributed by atoms with van der Waals surface area (Å²) in [4.78, 5) is 7.65. The lowest BCUT2D eigenvalue weighted by atomic mass is 9.94. The summed E-state index contributed by atoms with van der Waals surface area (Å²) in [7, 11) is 0. The lowest BCUT2D eigenvalue weighted by Gasteiger charge is -2.37. The molecule has 5 nitrogen and oxygen atoms in total. The molecule has 2 atom stereocenters. The van der Waals surface area contributed by atoms with Gasteiger partial charge < -0.3 is 9.73 Å². The van der Waals surface area contributed by atoms with Gasteiger partial charge in [0.05, 0.1) is 11.4 Å². The summed E-state index contributed by atoms with van der Waals surface area (Å²) in [5.74, 6) is 0.767. The molecule has 7 aromatic rings. The third-order valence-electron chi connectivity index (χ3n) is 8.70. The molecule has 1 aromatic heterocycles. The topological polar surface area (TPSA) is 52.8 Å². The van der Waals surface area contributed by atoms with Crippen molar-refractivity contribution in [1.82, 2.24) is 10.6 Å². The van der Waals surface area contributed by atoms with Crippen molar-refractivity contribution in [3.63, 3.8) is 0 Å². The molecule has 3 heterocycles. The van der Waals surface area contributed by atoms with Gasteiger partial charge in [0, 0.05) is 28.0 Å². The monoisotopic (exact) mass is 568 g/mol. The van der Waals surface area contributed by atoms with Gasteiger partial charge >= 0.3 is 0 Å². The Labute approximate surface area is 255 Å². The molecule has 2 unspecified atom stereocenters. The first-order valence-corrected chi connectivity index (χ1v) is 15.0. The van der Waals surface area contributed by atoms with Crippen molar-refractivity contribution in [1.29, 1.82) is 0 Å². The molecule has 0 bridgehead atoms. The number of rotatable bonds is 2. The van der Waals surface area contributed by atoms with Crippen molar-refractivity contribution in [3.8, 4) is 22.3 Å². The van der Waals surface area contributed by atoms with E-state index in [1.54, 1.807) is 0 Å². The van der Waals surface area contributed by atoms with Crippen LogP contribution in [0.4, 0.5) is 11.4 Å². The molecule has 5 heteroatoms. The Hall–Kier alpha value is -5.65. The largest absolute Gasteiger partial charge is 0.456 e. The number of hydrogen-bond donors (Lipinski definition) is 2. The molecule has 210 valence electrons. The molecule has 9 rings (SSSR count). The van der Waals surface area contributed by atoms with Crippen LogP contribution in [0.3, 0.4) is 0 Å². The van der Waals surface area contributed by atoms with Crippen LogP contribution in [0.1, 0.15) is 23.5 Å². The Morgan fingerprint density at radius 2 is 1.16 bits per heavy atom. The predicted octanol–water partition coefficient (Wildman–Crippen LogP) is 9.32. The van der Waals surface area contributed by atoms with Crippen molar-refractivity contribution < 1.29 is 4.42 Å². The second-order valence-corrected chi connectivity index (χ2v) is 11.3. The molecule has 0 saturated carbocycles. The van der Waals surface area contributed by atoms with Crippen LogP contribution in [0.15, 0.2) is 155 Å². The number of guanidine groups is 1. The van der Waals surface area contributed by atoms with E-state index in [1.807, 2.05) is 24.3 Å². The Bertz CT molecular complexity index is 2200. The third kappa shape index (κ3) is 3.94. The minimum Gasteiger partial charge on any atom is -0.456 e. The highest BCUT2D eigenvalue weighted by Gasteiger charge is 2.33. The van der Waals surface area contributed by atoms with Crippen LogP contribution in [0.2, 0.25) is 0 Å². The predicted molar refractivity (Wildman–Crippen MR) is 179 cm³/mol. The molecule has 44 heavy (non-hydrogen) atoms. The van der Waals surface area contributed by atoms with E-state index in [2.05, 4.69) is 137 Å². The molecule has 0 spiro atoms. The van der Waals surface area contributed by atoms with E-state index in [0.29, 0.717) is 0 Å². The van der Waals surface area contributed by atoms with E-state index in [-0.39, 0.29) is 12.3 Å². The number of nitrogens with zero attached hydrogens (tertiary/aromatic N) is 2. The average Bonchev–Trinajstić information content (AvgIpc) is 3.41. The lowest BCUT2D eigenvalue weighted by molar-refractivity contribution is 0.406. The van der Waals surface area contributed by atoms with E-state index in [9.17, 15) is 0 Å². The maximum Gasteiger partial charge on any atom is 0.206 e. The van der Waals surface area contributed by atoms with Crippen molar-refractivity contribution in [3.05, 3.63) is 157 Å². The van der Waals surface area contributed by atoms with Gasteiger partial charge in [-0.05, 0) is 40.5 Å². The molecule has 2 aliphatic heterocycles. The molecule has 0 radical (unpaired) electrons. The van der Waals surface area contributed by atoms with E-state index >= 15 is 0 Å². The zero-order valence-electron chi connectivity index (χ0n) is 23.8. The molecule has 0 aliphatic carbocycles. The van der Waals surface area contributed by atoms with Crippen LogP contribution >= 0.6 is 0 Å². The fraction of sp³-hybridized carbons (Fsp3) is 0.0513. The summed E-state index contributed by atoms with van der Waals surface area (Å²) >= 11 is 0. The smallest absolute Gasteiger partial charge is 0.206 e. The van der Waals surface area contributed by atoms with Crippen molar-refractivity contribution in [2.45, 2.75) is 12.3 Å². The van der Waals surface area contributed by atoms with Crippen LogP contribution in [0, 0.1) is 0 Å². The van der Waals surface area contributed by atoms with Crippen molar-refractivity contribution in [2.24, 2.45) is 4.99 Å². The molecule has 6 aromatic carbocycles. The van der Waals surface area contributed by atoms with Crippen LogP contribution in [-0.4, -0.2) is 5.96 Å². The second-order valence-electron chi connectivity index (χ2n) is 11.3. The highest BCUT2D eigenvalue weighted by atomic mass is 16.3. The molecular formula is C39H28N4O. The summed E-state index contributed by atoms with van der Waals surface area (Å²) in [5, 5.41) is 9.74. The summed E-state index contributed by atoms with van der Waals surface area (Å²) in [5.41, 5.74) is 10.7. The highest BCUT2D eigenvalue weighted by Crippen LogP contribution is 2.50. The summed E-state index contributed by atoms with van der Waals surface area (Å²) < 4.78 is 6.45. The molecule has 0 saturated heterocycles. The zero-order chi connectivity index (χ0) is 29.0. The molecule has 2 N–H and O–H groups in total. The van der Waals surface area contributed by atoms with Gasteiger partial charge in [-0.25, -0.2) is 4.99 Å². The quantitative estimate of drug-likeness (QED) is 0.218. The maximum absolute atomic E-state index is 6.45. The Kier molecular flexibility index (Phi) is 5.64. The van der Waals surface area contributed by atoms with Crippen LogP contribution in [0.5, 0.6) is 0 Å². The number of aliphatic imine (C=N–C) groups is 1. The van der Waals surface area contributed by atoms with Crippen LogP contribution in [0.25, 0.3) is 44.2 Å². The first-order valence-electron chi connectivity index (χ1n) is 15.0. The number of anilines is 2. The standard InChI is InChI=1S/C39H28N4O/c1-3-13-25(14-4-1)37-40-38(26-15-5-2-6-16-26)42-39(41-37)43-33-21-11-9-19-29(33)27-17-7-8-18-28(27)31-23-32-30-20-10-12-22-35(30)44-36(32)24-34(31)43/h1-24,37-38,40H,(H,41,42). The summed E-state index contributed by atoms with van der Waals surface area (Å²) in [6.07, 6.45) is -0.418. The number of fused-ring (bicyclic) bond motifs is 8. The number of nitrogens with one attached hydrogen (secondary N) is 2. The van der Waals surface area contributed by atoms with Gasteiger partial charge in [0.25, 0.3) is 0 Å². The zero-order valence-corrected chi connectivity index (χ0v) is 23.8. The fourth-order valence-electron chi connectivity index (χ4n) is 6.65. The number of hydrogen-bond acceptors (Lipinski definition) is 5. The minimum atomic E-state index is -0.256. The van der Waals surface area contributed by atoms with Gasteiger partial charge in [-0.2, -0.15) is 0 Å². The fourth-order valence-corrected chi connectivity index (χ4v) is 6.65. The molecule has 2 aliphatic rings. The van der Waals surface area contributed by atoms with E-state index in [0.717, 1.165) is 61.5 Å². The molecular weight excluding hydrogens is 540 g/mol. The van der Waals surface area contributed by atoms with Gasteiger partial charge in [-0.3, -0.25) is 10.2 Å². The minimum absolute atomic E-state index is 0.162. The Morgan fingerprint density at radius 3 is 1.95 bits per heavy atom. The van der Waals surface area contributed by atoms with Crippen LogP contribution in [-0.2, 0) is 0 Å². The van der Waals surface area contributed by atoms with Gasteiger partial charge in [0.15, 0.2) is 0 Å². The second kappa shape index (κ2) is 9.97. The van der Waals surface area contributed by atoms with E-state index in [1.165, 1.54) is 11.1 Å². The highest BCUT2D eigenvalue weighted by molar-refractivity contribution is 6.16. The van der Waals surface area contributed by atoms with E-state index in [4.69, 9.17) is 9.41 Å². The average molecular weight is 569 g/mol. The number of benzene rings is 6. The summed E-state index contributed by atoms with van der Waals surface area (Å²) in [6, 6.07) is 51.0. The maximum atomic E-state index is 6.45. The van der Waals surface area contributed by atoms with Crippen LogP contribution < -0.4 is 15.5 Å². The molecule has 0 fully saturated rings. The lowest BCUT2D eigenvalue weighted by Crippen LogP contribution is -2.50. The molecule has 0 amide bonds. The normalized spacial score (nSPS) is 17.3. The third-order valence-corrected chi connectivity index (χ3v) is 8.70. The number of para-hydroxylation sites is 2. The Morgan fingerprint density at radius 1 is 0.523 bits per heavy atom. The first-order chi connectivity index (χ1) is 21.8. The number of furan rings is 1.